The normalized spacial score (nSPS) is 11.3. The number of carbonyl (C=O) groups is 1. The highest BCUT2D eigenvalue weighted by molar-refractivity contribution is 5.86. The van der Waals surface area contributed by atoms with E-state index >= 15 is 0 Å². The van der Waals surface area contributed by atoms with Crippen LogP contribution in [0.5, 0.6) is 17.2 Å². The molecule has 1 amide bonds. The van der Waals surface area contributed by atoms with Crippen LogP contribution in [0.2, 0.25) is 0 Å². The molecule has 6 heteroatoms. The fraction of sp³-hybridized carbons (Fsp3) is 0.333. The number of hydrogen-bond acceptors (Lipinski definition) is 5. The molecule has 0 aliphatic heterocycles. The minimum atomic E-state index is -0.350. The average Bonchev–Trinajstić information content (AvgIpc) is 2.65. The van der Waals surface area contributed by atoms with E-state index in [0.29, 0.717) is 22.8 Å². The van der Waals surface area contributed by atoms with Crippen molar-refractivity contribution in [3.05, 3.63) is 53.6 Å². The predicted octanol–water partition coefficient (Wildman–Crippen LogP) is 3.53. The number of hydrazone groups is 1. The molecule has 2 rings (SSSR count). The van der Waals surface area contributed by atoms with E-state index in [4.69, 9.17) is 14.2 Å². The highest BCUT2D eigenvalue weighted by Crippen LogP contribution is 2.30. The summed E-state index contributed by atoms with van der Waals surface area (Å²) >= 11 is 0. The molecule has 0 aliphatic rings. The van der Waals surface area contributed by atoms with Crippen LogP contribution in [0.15, 0.2) is 47.6 Å². The first kappa shape index (κ1) is 20.3. The first-order valence-corrected chi connectivity index (χ1v) is 8.61. The minimum Gasteiger partial charge on any atom is -0.497 e. The maximum absolute atomic E-state index is 12.0. The van der Waals surface area contributed by atoms with Gasteiger partial charge in [-0.15, -0.1) is 0 Å². The summed E-state index contributed by atoms with van der Waals surface area (Å²) in [6, 6.07) is 13.0. The van der Waals surface area contributed by atoms with Crippen molar-refractivity contribution in [2.75, 3.05) is 20.8 Å². The molecule has 0 bridgehead atoms. The van der Waals surface area contributed by atoms with Crippen molar-refractivity contribution in [1.29, 1.82) is 0 Å². The van der Waals surface area contributed by atoms with Crippen molar-refractivity contribution < 1.29 is 19.0 Å². The number of nitrogens with zero attached hydrogens (tertiary/aromatic N) is 1. The first-order valence-electron chi connectivity index (χ1n) is 8.61. The summed E-state index contributed by atoms with van der Waals surface area (Å²) in [5.41, 5.74) is 4.12. The molecule has 6 nitrogen and oxygen atoms in total. The molecule has 0 unspecified atom stereocenters. The Labute approximate surface area is 160 Å². The zero-order valence-corrected chi connectivity index (χ0v) is 16.4. The van der Waals surface area contributed by atoms with Crippen LogP contribution in [0.4, 0.5) is 0 Å². The van der Waals surface area contributed by atoms with Crippen molar-refractivity contribution in [3.63, 3.8) is 0 Å². The molecule has 0 radical (unpaired) electrons. The van der Waals surface area contributed by atoms with E-state index < -0.39 is 0 Å². The van der Waals surface area contributed by atoms with Crippen LogP contribution in [0, 0.1) is 0 Å². The van der Waals surface area contributed by atoms with Gasteiger partial charge in [0.1, 0.15) is 17.2 Å². The molecule has 2 aromatic carbocycles. The van der Waals surface area contributed by atoms with Gasteiger partial charge in [-0.05, 0) is 35.2 Å². The number of benzene rings is 2. The highest BCUT2D eigenvalue weighted by atomic mass is 16.5. The van der Waals surface area contributed by atoms with Crippen molar-refractivity contribution in [1.82, 2.24) is 5.43 Å². The third-order valence-corrected chi connectivity index (χ3v) is 3.88. The molecule has 0 heterocycles. The second-order valence-corrected chi connectivity index (χ2v) is 6.94. The predicted molar refractivity (Wildman–Crippen MR) is 106 cm³/mol. The third kappa shape index (κ3) is 5.74. The number of nitrogens with one attached hydrogen (secondary N) is 1. The Bertz CT molecular complexity index is 810. The van der Waals surface area contributed by atoms with Gasteiger partial charge in [0.2, 0.25) is 0 Å². The zero-order chi connectivity index (χ0) is 19.9. The smallest absolute Gasteiger partial charge is 0.277 e. The van der Waals surface area contributed by atoms with E-state index in [9.17, 15) is 4.79 Å². The second-order valence-electron chi connectivity index (χ2n) is 6.94. The number of ether oxygens (including phenoxy) is 3. The number of amides is 1. The van der Waals surface area contributed by atoms with Crippen LogP contribution in [0.25, 0.3) is 0 Å². The van der Waals surface area contributed by atoms with Crippen LogP contribution in [0.3, 0.4) is 0 Å². The molecule has 1 N–H and O–H groups in total. The molecule has 0 atom stereocenters. The maximum atomic E-state index is 12.0. The van der Waals surface area contributed by atoms with Crippen molar-refractivity contribution in [2.45, 2.75) is 26.2 Å². The fourth-order valence-electron chi connectivity index (χ4n) is 2.50. The first-order chi connectivity index (χ1) is 12.8. The van der Waals surface area contributed by atoms with Gasteiger partial charge >= 0.3 is 0 Å². The number of para-hydroxylation sites is 1. The van der Waals surface area contributed by atoms with E-state index in [1.165, 1.54) is 6.21 Å². The van der Waals surface area contributed by atoms with Crippen LogP contribution in [-0.4, -0.2) is 32.9 Å². The van der Waals surface area contributed by atoms with Gasteiger partial charge in [0.05, 0.1) is 20.4 Å². The molecule has 144 valence electrons. The van der Waals surface area contributed by atoms with E-state index in [0.717, 1.165) is 5.56 Å². The SMILES string of the molecule is COc1ccc(OC)c(C=NNC(=O)COc2ccccc2C(C)(C)C)c1. The summed E-state index contributed by atoms with van der Waals surface area (Å²) in [6.07, 6.45) is 1.50. The number of methoxy groups -OCH3 is 2. The largest absolute Gasteiger partial charge is 0.497 e. The summed E-state index contributed by atoms with van der Waals surface area (Å²) in [5.74, 6) is 1.64. The standard InChI is InChI=1S/C21H26N2O4/c1-21(2,3)17-8-6-7-9-19(17)27-14-20(24)23-22-13-15-12-16(25-4)10-11-18(15)26-5/h6-13H,14H2,1-5H3,(H,23,24). The Morgan fingerprint density at radius 3 is 2.48 bits per heavy atom. The van der Waals surface area contributed by atoms with E-state index in [1.54, 1.807) is 32.4 Å². The molecule has 0 spiro atoms. The summed E-state index contributed by atoms with van der Waals surface area (Å²) in [5, 5.41) is 3.97. The lowest BCUT2D eigenvalue weighted by Gasteiger charge is -2.22. The zero-order valence-electron chi connectivity index (χ0n) is 16.4. The summed E-state index contributed by atoms with van der Waals surface area (Å²) in [6.45, 7) is 6.17. The van der Waals surface area contributed by atoms with Crippen LogP contribution < -0.4 is 19.6 Å². The van der Waals surface area contributed by atoms with E-state index in [2.05, 4.69) is 31.3 Å². The summed E-state index contributed by atoms with van der Waals surface area (Å²) in [7, 11) is 3.15. The Morgan fingerprint density at radius 1 is 1.07 bits per heavy atom. The van der Waals surface area contributed by atoms with Gasteiger partial charge in [0.15, 0.2) is 6.61 Å². The molecular weight excluding hydrogens is 344 g/mol. The van der Waals surface area contributed by atoms with Gasteiger partial charge in [0.25, 0.3) is 5.91 Å². The quantitative estimate of drug-likeness (QED) is 0.598. The second kappa shape index (κ2) is 9.07. The Balaban J connectivity index is 1.97. The number of rotatable bonds is 7. The van der Waals surface area contributed by atoms with Crippen molar-refractivity contribution >= 4 is 12.1 Å². The monoisotopic (exact) mass is 370 g/mol. The van der Waals surface area contributed by atoms with Crippen molar-refractivity contribution in [2.24, 2.45) is 5.10 Å². The van der Waals surface area contributed by atoms with Crippen LogP contribution in [-0.2, 0) is 10.2 Å². The average molecular weight is 370 g/mol. The molecule has 0 fully saturated rings. The summed E-state index contributed by atoms with van der Waals surface area (Å²) < 4.78 is 16.1. The lowest BCUT2D eigenvalue weighted by molar-refractivity contribution is -0.123. The molecule has 0 saturated carbocycles. The van der Waals surface area contributed by atoms with Gasteiger partial charge < -0.3 is 14.2 Å². The molecule has 0 aliphatic carbocycles. The minimum absolute atomic E-state index is 0.0753. The van der Waals surface area contributed by atoms with Gasteiger partial charge in [-0.1, -0.05) is 39.0 Å². The van der Waals surface area contributed by atoms with Gasteiger partial charge in [-0.25, -0.2) is 5.43 Å². The Kier molecular flexibility index (Phi) is 6.82. The third-order valence-electron chi connectivity index (χ3n) is 3.88. The van der Waals surface area contributed by atoms with Gasteiger partial charge in [0, 0.05) is 5.56 Å². The van der Waals surface area contributed by atoms with Gasteiger partial charge in [-0.3, -0.25) is 4.79 Å². The number of hydrogen-bond donors (Lipinski definition) is 1. The maximum Gasteiger partial charge on any atom is 0.277 e. The summed E-state index contributed by atoms with van der Waals surface area (Å²) in [4.78, 5) is 12.0. The molecule has 2 aromatic rings. The van der Waals surface area contributed by atoms with Gasteiger partial charge in [-0.2, -0.15) is 5.10 Å². The van der Waals surface area contributed by atoms with Crippen LogP contribution >= 0.6 is 0 Å². The molecule has 0 saturated heterocycles. The van der Waals surface area contributed by atoms with E-state index in [1.807, 2.05) is 24.3 Å². The van der Waals surface area contributed by atoms with Crippen LogP contribution in [0.1, 0.15) is 31.9 Å². The fourth-order valence-corrected chi connectivity index (χ4v) is 2.50. The van der Waals surface area contributed by atoms with E-state index in [-0.39, 0.29) is 17.9 Å². The number of carbonyl (C=O) groups excluding carboxylic acids is 1. The molecule has 0 aromatic heterocycles. The molecule has 27 heavy (non-hydrogen) atoms. The lowest BCUT2D eigenvalue weighted by atomic mass is 9.86. The lowest BCUT2D eigenvalue weighted by Crippen LogP contribution is -2.25. The topological polar surface area (TPSA) is 69.2 Å². The Morgan fingerprint density at radius 2 is 1.81 bits per heavy atom. The van der Waals surface area contributed by atoms with Crippen molar-refractivity contribution in [3.8, 4) is 17.2 Å². The Hall–Kier alpha value is -3.02. The molecular formula is C21H26N2O4. The highest BCUT2D eigenvalue weighted by Gasteiger charge is 2.18.